The van der Waals surface area contributed by atoms with Crippen LogP contribution in [0.2, 0.25) is 0 Å². The Balaban J connectivity index is 1.44. The Labute approximate surface area is 180 Å². The summed E-state index contributed by atoms with van der Waals surface area (Å²) in [5, 5.41) is 8.66. The molecule has 0 saturated heterocycles. The molecule has 0 saturated carbocycles. The number of nitrogens with zero attached hydrogens (tertiary/aromatic N) is 4. The smallest absolute Gasteiger partial charge is 0.237 e. The first-order valence-corrected chi connectivity index (χ1v) is 12.3. The largest absolute Gasteiger partial charge is 0.311 e. The lowest BCUT2D eigenvalue weighted by Gasteiger charge is -2.29. The number of carbonyl (C=O) groups excluding carboxylic acids is 1. The van der Waals surface area contributed by atoms with Crippen LogP contribution < -0.4 is 4.90 Å². The second-order valence-corrected chi connectivity index (χ2v) is 10.0. The number of hydrogen-bond donors (Lipinski definition) is 0. The summed E-state index contributed by atoms with van der Waals surface area (Å²) in [6.07, 6.45) is 1.93. The maximum Gasteiger partial charge on any atom is 0.237 e. The first kappa shape index (κ1) is 20.6. The summed E-state index contributed by atoms with van der Waals surface area (Å²) in [6, 6.07) is 16.3. The number of carbonyl (C=O) groups is 1. The van der Waals surface area contributed by atoms with Crippen molar-refractivity contribution in [2.45, 2.75) is 28.6 Å². The van der Waals surface area contributed by atoms with Crippen molar-refractivity contribution in [1.82, 2.24) is 14.8 Å². The molecule has 9 heteroatoms. The first-order chi connectivity index (χ1) is 14.5. The Morgan fingerprint density at radius 1 is 1.07 bits per heavy atom. The first-order valence-electron chi connectivity index (χ1n) is 9.63. The normalized spacial score (nSPS) is 13.8. The van der Waals surface area contributed by atoms with E-state index in [4.69, 9.17) is 0 Å². The zero-order chi connectivity index (χ0) is 21.1. The Morgan fingerprint density at radius 3 is 2.60 bits per heavy atom. The number of anilines is 1. The zero-order valence-corrected chi connectivity index (χ0v) is 18.2. The monoisotopic (exact) mass is 442 g/mol. The maximum absolute atomic E-state index is 12.8. The van der Waals surface area contributed by atoms with Gasteiger partial charge in [0.25, 0.3) is 0 Å². The van der Waals surface area contributed by atoms with E-state index in [0.29, 0.717) is 17.5 Å². The molecule has 30 heavy (non-hydrogen) atoms. The number of amides is 1. The van der Waals surface area contributed by atoms with Gasteiger partial charge in [0, 0.05) is 19.3 Å². The lowest BCUT2D eigenvalue weighted by Crippen LogP contribution is -2.36. The highest BCUT2D eigenvalue weighted by Crippen LogP contribution is 2.28. The quantitative estimate of drug-likeness (QED) is 0.546. The molecule has 0 aliphatic carbocycles. The van der Waals surface area contributed by atoms with Crippen molar-refractivity contribution in [3.63, 3.8) is 0 Å². The number of hydrogen-bond acceptors (Lipinski definition) is 6. The molecule has 156 valence electrons. The standard InChI is InChI=1S/C21H22N4O3S2/c1-24-19(15-30(27,28)17-10-3-2-4-11-17)22-23-21(24)29-14-20(26)25-13-7-9-16-8-5-6-12-18(16)25/h2-6,8,10-12H,7,9,13-15H2,1H3. The summed E-state index contributed by atoms with van der Waals surface area (Å²) < 4.78 is 26.8. The summed E-state index contributed by atoms with van der Waals surface area (Å²) in [4.78, 5) is 14.9. The Kier molecular flexibility index (Phi) is 5.92. The van der Waals surface area contributed by atoms with Crippen LogP contribution in [0.15, 0.2) is 64.6 Å². The van der Waals surface area contributed by atoms with E-state index in [9.17, 15) is 13.2 Å². The molecule has 0 spiro atoms. The molecule has 1 aliphatic heterocycles. The summed E-state index contributed by atoms with van der Waals surface area (Å²) in [6.45, 7) is 0.704. The molecule has 0 fully saturated rings. The van der Waals surface area contributed by atoms with E-state index >= 15 is 0 Å². The number of para-hydroxylation sites is 1. The van der Waals surface area contributed by atoms with Crippen LogP contribution in [0.3, 0.4) is 0 Å². The van der Waals surface area contributed by atoms with Gasteiger partial charge in [-0.05, 0) is 36.6 Å². The second kappa shape index (κ2) is 8.61. The molecule has 1 aliphatic rings. The summed E-state index contributed by atoms with van der Waals surface area (Å²) in [7, 11) is -1.79. The number of thioether (sulfide) groups is 1. The van der Waals surface area contributed by atoms with Crippen molar-refractivity contribution in [3.8, 4) is 0 Å². The molecule has 7 nitrogen and oxygen atoms in total. The highest BCUT2D eigenvalue weighted by Gasteiger charge is 2.24. The molecule has 2 aromatic carbocycles. The third-order valence-electron chi connectivity index (χ3n) is 5.08. The van der Waals surface area contributed by atoms with E-state index in [0.717, 1.165) is 18.5 Å². The van der Waals surface area contributed by atoms with E-state index in [-0.39, 0.29) is 22.3 Å². The Morgan fingerprint density at radius 2 is 1.80 bits per heavy atom. The van der Waals surface area contributed by atoms with Crippen molar-refractivity contribution in [2.24, 2.45) is 7.05 Å². The Hall–Kier alpha value is -2.65. The third-order valence-corrected chi connectivity index (χ3v) is 7.72. The summed E-state index contributed by atoms with van der Waals surface area (Å²) in [5.74, 6) is 0.325. The molecular weight excluding hydrogens is 420 g/mol. The van der Waals surface area contributed by atoms with Crippen LogP contribution in [0, 0.1) is 0 Å². The van der Waals surface area contributed by atoms with Gasteiger partial charge in [-0.1, -0.05) is 48.2 Å². The number of aryl methyl sites for hydroxylation is 1. The van der Waals surface area contributed by atoms with Gasteiger partial charge < -0.3 is 9.47 Å². The molecule has 3 aromatic rings. The number of benzene rings is 2. The lowest BCUT2D eigenvalue weighted by atomic mass is 10.0. The van der Waals surface area contributed by atoms with Gasteiger partial charge in [-0.2, -0.15) is 0 Å². The minimum absolute atomic E-state index is 0.00797. The van der Waals surface area contributed by atoms with Gasteiger partial charge in [0.15, 0.2) is 15.0 Å². The minimum atomic E-state index is -3.51. The fourth-order valence-corrected chi connectivity index (χ4v) is 5.61. The number of aromatic nitrogens is 3. The van der Waals surface area contributed by atoms with Gasteiger partial charge in [-0.15, -0.1) is 10.2 Å². The van der Waals surface area contributed by atoms with Crippen molar-refractivity contribution >= 4 is 33.2 Å². The summed E-state index contributed by atoms with van der Waals surface area (Å²) >= 11 is 1.27. The van der Waals surface area contributed by atoms with Gasteiger partial charge in [0.05, 0.1) is 10.6 Å². The minimum Gasteiger partial charge on any atom is -0.311 e. The fourth-order valence-electron chi connectivity index (χ4n) is 3.47. The topological polar surface area (TPSA) is 85.2 Å². The van der Waals surface area contributed by atoms with Crippen LogP contribution >= 0.6 is 11.8 Å². The molecular formula is C21H22N4O3S2. The Bertz CT molecular complexity index is 1160. The van der Waals surface area contributed by atoms with E-state index in [1.165, 1.54) is 17.3 Å². The SMILES string of the molecule is Cn1c(CS(=O)(=O)c2ccccc2)nnc1SCC(=O)N1CCCc2ccccc21. The maximum atomic E-state index is 12.8. The molecule has 1 aromatic heterocycles. The molecule has 0 atom stereocenters. The van der Waals surface area contributed by atoms with Gasteiger partial charge in [-0.3, -0.25) is 4.79 Å². The van der Waals surface area contributed by atoms with E-state index in [2.05, 4.69) is 16.3 Å². The second-order valence-electron chi connectivity index (χ2n) is 7.10. The molecule has 0 N–H and O–H groups in total. The highest BCUT2D eigenvalue weighted by atomic mass is 32.2. The van der Waals surface area contributed by atoms with E-state index in [1.54, 1.807) is 41.9 Å². The highest BCUT2D eigenvalue weighted by molar-refractivity contribution is 7.99. The number of fused-ring (bicyclic) bond motifs is 1. The molecule has 0 unspecified atom stereocenters. The van der Waals surface area contributed by atoms with Crippen LogP contribution in [-0.2, 0) is 33.9 Å². The zero-order valence-electron chi connectivity index (χ0n) is 16.6. The van der Waals surface area contributed by atoms with E-state index in [1.807, 2.05) is 23.1 Å². The van der Waals surface area contributed by atoms with Crippen LogP contribution in [0.4, 0.5) is 5.69 Å². The molecule has 0 radical (unpaired) electrons. The van der Waals surface area contributed by atoms with Crippen LogP contribution in [-0.4, -0.2) is 41.4 Å². The van der Waals surface area contributed by atoms with Gasteiger partial charge in [-0.25, -0.2) is 8.42 Å². The average molecular weight is 443 g/mol. The van der Waals surface area contributed by atoms with Crippen molar-refractivity contribution in [1.29, 1.82) is 0 Å². The lowest BCUT2D eigenvalue weighted by molar-refractivity contribution is -0.116. The summed E-state index contributed by atoms with van der Waals surface area (Å²) in [5.41, 5.74) is 2.16. The van der Waals surface area contributed by atoms with Gasteiger partial charge >= 0.3 is 0 Å². The predicted octanol–water partition coefficient (Wildman–Crippen LogP) is 2.86. The van der Waals surface area contributed by atoms with Crippen molar-refractivity contribution < 1.29 is 13.2 Å². The predicted molar refractivity (Wildman–Crippen MR) is 116 cm³/mol. The van der Waals surface area contributed by atoms with Crippen molar-refractivity contribution in [3.05, 3.63) is 66.0 Å². The van der Waals surface area contributed by atoms with Crippen LogP contribution in [0.25, 0.3) is 0 Å². The molecule has 2 heterocycles. The number of sulfone groups is 1. The average Bonchev–Trinajstić information content (AvgIpc) is 3.11. The fraction of sp³-hybridized carbons (Fsp3) is 0.286. The van der Waals surface area contributed by atoms with Crippen LogP contribution in [0.5, 0.6) is 0 Å². The molecule has 1 amide bonds. The van der Waals surface area contributed by atoms with E-state index < -0.39 is 9.84 Å². The molecule has 0 bridgehead atoms. The van der Waals surface area contributed by atoms with Gasteiger partial charge in [0.1, 0.15) is 11.6 Å². The third kappa shape index (κ3) is 4.27. The number of rotatable bonds is 6. The van der Waals surface area contributed by atoms with Gasteiger partial charge in [0.2, 0.25) is 5.91 Å². The molecule has 4 rings (SSSR count). The van der Waals surface area contributed by atoms with Crippen LogP contribution in [0.1, 0.15) is 17.8 Å². The van der Waals surface area contributed by atoms with Crippen molar-refractivity contribution in [2.75, 3.05) is 17.2 Å².